The van der Waals surface area contributed by atoms with Gasteiger partial charge in [-0.05, 0) is 5.04 Å². The van der Waals surface area contributed by atoms with Gasteiger partial charge in [0.05, 0.1) is 0 Å². The van der Waals surface area contributed by atoms with Gasteiger partial charge >= 0.3 is 0 Å². The van der Waals surface area contributed by atoms with Crippen LogP contribution in [0.3, 0.4) is 0 Å². The molecule has 0 fully saturated rings. The van der Waals surface area contributed by atoms with Gasteiger partial charge in [0.25, 0.3) is 0 Å². The van der Waals surface area contributed by atoms with Crippen LogP contribution in [0.1, 0.15) is 0 Å². The maximum absolute atomic E-state index is 3.93. The third-order valence-corrected chi connectivity index (χ3v) is 0.345. The molecule has 3 nitrogen and oxygen atoms in total. The minimum atomic E-state index is 1.54. The van der Waals surface area contributed by atoms with E-state index >= 15 is 0 Å². The Morgan fingerprint density at radius 3 is 1.40 bits per heavy atom. The average molecular weight is 302 g/mol. The fourth-order valence-electron chi connectivity index (χ4n) is 0.00972. The molecule has 0 unspecified atom stereocenters. The zero-order valence-corrected chi connectivity index (χ0v) is 6.30. The smallest absolute Gasteiger partial charge is 0.135 e. The quantitative estimate of drug-likeness (QED) is 0.440. The van der Waals surface area contributed by atoms with Crippen LogP contribution >= 0.6 is 46.0 Å². The van der Waals surface area contributed by atoms with Crippen molar-refractivity contribution in [3.8, 4) is 0 Å². The molecule has 0 atom stereocenters. The van der Waals surface area contributed by atoms with E-state index in [-0.39, 0.29) is 0 Å². The van der Waals surface area contributed by atoms with Crippen molar-refractivity contribution in [3.05, 3.63) is 0 Å². The second-order valence-corrected chi connectivity index (χ2v) is 0.913. The van der Waals surface area contributed by atoms with Gasteiger partial charge < -0.3 is 0 Å². The molecule has 0 aliphatic rings. The number of hydrogen-bond acceptors (Lipinski definition) is 3. The van der Waals surface area contributed by atoms with Gasteiger partial charge in [0.1, 0.15) is 0 Å². The third-order valence-electron chi connectivity index (χ3n) is 0.0514. The topological polar surface area (TPSA) is 27.7 Å². The lowest BCUT2D eigenvalue weighted by Gasteiger charge is -1.79. The van der Waals surface area contributed by atoms with Crippen LogP contribution in [0.5, 0.6) is 0 Å². The molecule has 0 saturated heterocycles. The highest BCUT2D eigenvalue weighted by atomic mass is 127. The van der Waals surface area contributed by atoms with Crippen LogP contribution in [-0.2, 0) is 11.5 Å². The molecule has 0 aromatic heterocycles. The van der Waals surface area contributed by atoms with E-state index in [0.717, 1.165) is 0 Å². The lowest BCUT2D eigenvalue weighted by molar-refractivity contribution is -0.364. The van der Waals surface area contributed by atoms with Crippen molar-refractivity contribution < 1.29 is 11.5 Å². The molecule has 0 aliphatic heterocycles. The van der Waals surface area contributed by atoms with Crippen LogP contribution in [0.25, 0.3) is 0 Å². The van der Waals surface area contributed by atoms with Gasteiger partial charge in [0.2, 0.25) is 0 Å². The Bertz CT molecular complexity index is 12.4. The zero-order chi connectivity index (χ0) is 4.12. The molecule has 32 valence electrons. The van der Waals surface area contributed by atoms with Crippen molar-refractivity contribution in [1.82, 2.24) is 0 Å². The summed E-state index contributed by atoms with van der Waals surface area (Å²) >= 11 is 3.07. The molecule has 0 bridgehead atoms. The molecular weight excluding hydrogens is 302 g/mol. The summed E-state index contributed by atoms with van der Waals surface area (Å²) in [7, 11) is 0. The summed E-state index contributed by atoms with van der Waals surface area (Å²) in [5.74, 6) is 0. The highest BCUT2D eigenvalue weighted by Crippen LogP contribution is 1.92. The molecule has 0 N–H and O–H groups in total. The van der Waals surface area contributed by atoms with E-state index in [1.54, 1.807) is 0 Å². The highest BCUT2D eigenvalue weighted by molar-refractivity contribution is 14.1. The van der Waals surface area contributed by atoms with Crippen LogP contribution in [0.15, 0.2) is 0 Å². The molecule has 0 aromatic carbocycles. The van der Waals surface area contributed by atoms with Crippen LogP contribution in [0.2, 0.25) is 0 Å². The van der Waals surface area contributed by atoms with Gasteiger partial charge in [-0.2, -0.15) is 0 Å². The molecule has 0 amide bonds. The molecule has 0 rings (SSSR count). The Kier molecular flexibility index (Phi) is 6.77. The fraction of sp³-hybridized carbons (Fsp3) is 0. The maximum atomic E-state index is 3.93. The molecule has 0 saturated carbocycles. The van der Waals surface area contributed by atoms with Crippen LogP contribution < -0.4 is 0 Å². The molecule has 0 aromatic rings. The molecule has 0 heterocycles. The van der Waals surface area contributed by atoms with Crippen LogP contribution in [0.4, 0.5) is 0 Å². The fourth-order valence-corrected chi connectivity index (χ4v) is 0.437. The van der Waals surface area contributed by atoms with Crippen LogP contribution in [0, 0.1) is 0 Å². The largest absolute Gasteiger partial charge is 0.158 e. The first-order chi connectivity index (χ1) is 2.41. The molecule has 0 radical (unpaired) electrons. The average Bonchev–Trinajstić information content (AvgIpc) is 1.41. The first kappa shape index (κ1) is 6.34. The van der Waals surface area contributed by atoms with Crippen LogP contribution in [-0.4, -0.2) is 0 Å². The van der Waals surface area contributed by atoms with E-state index in [2.05, 4.69) is 11.5 Å². The summed E-state index contributed by atoms with van der Waals surface area (Å²) in [4.78, 5) is 0. The minimum Gasteiger partial charge on any atom is -0.135 e. The first-order valence-corrected chi connectivity index (χ1v) is 2.40. The van der Waals surface area contributed by atoms with E-state index < -0.39 is 0 Å². The lowest BCUT2D eigenvalue weighted by Crippen LogP contribution is -1.69. The van der Waals surface area contributed by atoms with E-state index in [4.69, 9.17) is 0 Å². The Labute approximate surface area is 57.2 Å². The molecule has 0 spiro atoms. The number of hydrogen-bond donors (Lipinski definition) is 0. The first-order valence-electron chi connectivity index (χ1n) is 0.642. The van der Waals surface area contributed by atoms with Gasteiger partial charge in [-0.3, -0.25) is 0 Å². The minimum absolute atomic E-state index is 1.54. The van der Waals surface area contributed by atoms with Crippen molar-refractivity contribution in [1.29, 1.82) is 0 Å². The predicted octanol–water partition coefficient (Wildman–Crippen LogP) is 1.57. The van der Waals surface area contributed by atoms with E-state index in [9.17, 15) is 0 Å². The Morgan fingerprint density at radius 1 is 1.00 bits per heavy atom. The second kappa shape index (κ2) is 5.34. The van der Waals surface area contributed by atoms with Crippen molar-refractivity contribution in [2.75, 3.05) is 0 Å². The standard InChI is InChI=1S/I2O3/c1-3-5-4-2. The van der Waals surface area contributed by atoms with Crippen molar-refractivity contribution in [3.63, 3.8) is 0 Å². The molecular formula is I2O3. The Hall–Kier alpha value is 1.34. The van der Waals surface area contributed by atoms with Crippen molar-refractivity contribution in [2.45, 2.75) is 0 Å². The predicted molar refractivity (Wildman–Crippen MR) is 31.3 cm³/mol. The van der Waals surface area contributed by atoms with Gasteiger partial charge in [0.15, 0.2) is 46.0 Å². The lowest BCUT2D eigenvalue weighted by atomic mass is 14.6. The molecule has 5 heavy (non-hydrogen) atoms. The normalized spacial score (nSPS) is 8.40. The van der Waals surface area contributed by atoms with Gasteiger partial charge in [-0.15, -0.1) is 6.43 Å². The summed E-state index contributed by atoms with van der Waals surface area (Å²) in [6.07, 6.45) is 0. The third kappa shape index (κ3) is 5.34. The maximum Gasteiger partial charge on any atom is 0.158 e. The summed E-state index contributed by atoms with van der Waals surface area (Å²) in [5.41, 5.74) is 0. The summed E-state index contributed by atoms with van der Waals surface area (Å²) in [5, 5.41) is 3.81. The zero-order valence-electron chi connectivity index (χ0n) is 1.98. The van der Waals surface area contributed by atoms with Gasteiger partial charge in [-0.1, -0.05) is 0 Å². The Balaban J connectivity index is 2.19. The Morgan fingerprint density at radius 2 is 1.40 bits per heavy atom. The van der Waals surface area contributed by atoms with E-state index in [1.807, 2.05) is 0 Å². The molecule has 5 heteroatoms. The SMILES string of the molecule is IOOOI. The van der Waals surface area contributed by atoms with Crippen molar-refractivity contribution in [2.24, 2.45) is 0 Å². The van der Waals surface area contributed by atoms with E-state index in [0.29, 0.717) is 0 Å². The summed E-state index contributed by atoms with van der Waals surface area (Å²) < 4.78 is 7.86. The van der Waals surface area contributed by atoms with Gasteiger partial charge in [-0.25, -0.2) is 0 Å². The van der Waals surface area contributed by atoms with E-state index in [1.165, 1.54) is 46.0 Å². The van der Waals surface area contributed by atoms with Crippen molar-refractivity contribution >= 4 is 46.0 Å². The number of rotatable bonds is 2. The summed E-state index contributed by atoms with van der Waals surface area (Å²) in [6, 6.07) is 0. The highest BCUT2D eigenvalue weighted by Gasteiger charge is 1.68. The van der Waals surface area contributed by atoms with Gasteiger partial charge in [0, 0.05) is 0 Å². The number of halogens is 2. The second-order valence-electron chi connectivity index (χ2n) is 0.194. The monoisotopic (exact) mass is 302 g/mol. The summed E-state index contributed by atoms with van der Waals surface area (Å²) in [6.45, 7) is 0. The molecule has 0 aliphatic carbocycles.